The molecule has 1 heterocycles. The molecule has 0 radical (unpaired) electrons. The number of halogens is 1. The van der Waals surface area contributed by atoms with Gasteiger partial charge in [0, 0.05) is 31.8 Å². The molecular weight excluding hydrogens is 320 g/mol. The number of amides is 2. The lowest BCUT2D eigenvalue weighted by Crippen LogP contribution is -2.29. The third-order valence-corrected chi connectivity index (χ3v) is 3.52. The lowest BCUT2D eigenvalue weighted by Gasteiger charge is -2.20. The van der Waals surface area contributed by atoms with Crippen LogP contribution in [0.25, 0.3) is 0 Å². The van der Waals surface area contributed by atoms with Crippen LogP contribution in [0.5, 0.6) is 0 Å². The first kappa shape index (κ1) is 17.0. The summed E-state index contributed by atoms with van der Waals surface area (Å²) in [5, 5.41) is 5.51. The molecule has 2 N–H and O–H groups in total. The molecule has 0 fully saturated rings. The Morgan fingerprint density at radius 2 is 1.96 bits per heavy atom. The number of carbonyl (C=O) groups is 2. The van der Waals surface area contributed by atoms with Gasteiger partial charge in [-0.2, -0.15) is 0 Å². The fourth-order valence-electron chi connectivity index (χ4n) is 2.24. The number of imidazole rings is 1. The summed E-state index contributed by atoms with van der Waals surface area (Å²) in [6.07, 6.45) is 0.747. The van der Waals surface area contributed by atoms with Crippen molar-refractivity contribution in [1.82, 2.24) is 20.2 Å². The van der Waals surface area contributed by atoms with E-state index in [-0.39, 0.29) is 11.4 Å². The van der Waals surface area contributed by atoms with Gasteiger partial charge in [0.1, 0.15) is 5.69 Å². The van der Waals surface area contributed by atoms with Gasteiger partial charge >= 0.3 is 0 Å². The summed E-state index contributed by atoms with van der Waals surface area (Å²) >= 11 is 6.02. The molecule has 0 aliphatic carbocycles. The van der Waals surface area contributed by atoms with Gasteiger partial charge in [-0.05, 0) is 12.1 Å². The molecule has 8 heteroatoms. The van der Waals surface area contributed by atoms with E-state index in [0.717, 1.165) is 5.56 Å². The molecule has 0 aliphatic heterocycles. The van der Waals surface area contributed by atoms with Crippen molar-refractivity contribution in [2.75, 3.05) is 21.2 Å². The largest absolute Gasteiger partial charge is 0.357 e. The molecule has 122 valence electrons. The van der Waals surface area contributed by atoms with Gasteiger partial charge in [0.25, 0.3) is 11.8 Å². The molecule has 2 amide bonds. The van der Waals surface area contributed by atoms with Gasteiger partial charge in [0.05, 0.1) is 6.33 Å². The summed E-state index contributed by atoms with van der Waals surface area (Å²) in [5.41, 5.74) is 0.862. The Hall–Kier alpha value is -2.38. The third-order valence-electron chi connectivity index (χ3n) is 3.29. The number of ether oxygens (including phenoxy) is 1. The van der Waals surface area contributed by atoms with Crippen molar-refractivity contribution >= 4 is 23.4 Å². The number of benzene rings is 1. The van der Waals surface area contributed by atoms with E-state index in [9.17, 15) is 9.59 Å². The van der Waals surface area contributed by atoms with Gasteiger partial charge in [-0.15, -0.1) is 0 Å². The van der Waals surface area contributed by atoms with Crippen LogP contribution >= 0.6 is 11.6 Å². The second-order valence-electron chi connectivity index (χ2n) is 4.65. The maximum Gasteiger partial charge on any atom is 0.272 e. The smallest absolute Gasteiger partial charge is 0.272 e. The number of hydrogen-bond donors (Lipinski definition) is 2. The van der Waals surface area contributed by atoms with E-state index in [4.69, 9.17) is 16.3 Å². The van der Waals surface area contributed by atoms with E-state index >= 15 is 0 Å². The van der Waals surface area contributed by atoms with Crippen LogP contribution in [-0.2, 0) is 4.74 Å². The summed E-state index contributed by atoms with van der Waals surface area (Å²) in [5.74, 6) is -0.895. The predicted molar refractivity (Wildman–Crippen MR) is 85.6 cm³/mol. The maximum atomic E-state index is 12.2. The van der Waals surface area contributed by atoms with Crippen molar-refractivity contribution < 1.29 is 14.3 Å². The number of rotatable bonds is 5. The van der Waals surface area contributed by atoms with Crippen LogP contribution in [0.2, 0.25) is 5.02 Å². The van der Waals surface area contributed by atoms with E-state index in [2.05, 4.69) is 15.6 Å². The fraction of sp³-hybridized carbons (Fsp3) is 0.267. The average molecular weight is 337 g/mol. The van der Waals surface area contributed by atoms with Gasteiger partial charge in [0.2, 0.25) is 0 Å². The number of carbonyl (C=O) groups excluding carboxylic acids is 2. The highest BCUT2D eigenvalue weighted by molar-refractivity contribution is 6.30. The van der Waals surface area contributed by atoms with E-state index in [1.165, 1.54) is 32.1 Å². The molecule has 23 heavy (non-hydrogen) atoms. The Labute approximate surface area is 138 Å². The number of nitrogens with one attached hydrogen (secondary N) is 2. The molecular formula is C15H17ClN4O3. The fourth-order valence-corrected chi connectivity index (χ4v) is 2.44. The Balaban J connectivity index is 2.58. The quantitative estimate of drug-likeness (QED) is 0.865. The topological polar surface area (TPSA) is 85.2 Å². The second-order valence-corrected chi connectivity index (χ2v) is 5.09. The van der Waals surface area contributed by atoms with Crippen molar-refractivity contribution in [3.05, 3.63) is 52.6 Å². The zero-order valence-corrected chi connectivity index (χ0v) is 13.7. The Morgan fingerprint density at radius 1 is 1.26 bits per heavy atom. The number of methoxy groups -OCH3 is 1. The van der Waals surface area contributed by atoms with Gasteiger partial charge in [-0.3, -0.25) is 14.2 Å². The van der Waals surface area contributed by atoms with E-state index < -0.39 is 18.0 Å². The minimum atomic E-state index is -0.646. The Morgan fingerprint density at radius 3 is 2.52 bits per heavy atom. The SMILES string of the molecule is CNC(=O)c1ncn(C(OC)c2cccc(Cl)c2)c1C(=O)NC. The normalized spacial score (nSPS) is 11.8. The maximum absolute atomic E-state index is 12.2. The zero-order valence-electron chi connectivity index (χ0n) is 13.0. The summed E-state index contributed by atoms with van der Waals surface area (Å²) < 4.78 is 6.99. The van der Waals surface area contributed by atoms with E-state index in [0.29, 0.717) is 5.02 Å². The molecule has 0 bridgehead atoms. The van der Waals surface area contributed by atoms with Crippen molar-refractivity contribution in [1.29, 1.82) is 0 Å². The van der Waals surface area contributed by atoms with Gasteiger partial charge < -0.3 is 15.4 Å². The molecule has 1 unspecified atom stereocenters. The second kappa shape index (κ2) is 7.26. The van der Waals surface area contributed by atoms with Gasteiger partial charge in [-0.25, -0.2) is 4.98 Å². The summed E-state index contributed by atoms with van der Waals surface area (Å²) in [4.78, 5) is 28.2. The molecule has 0 aliphatic rings. The number of nitrogens with zero attached hydrogens (tertiary/aromatic N) is 2. The van der Waals surface area contributed by atoms with Crippen LogP contribution in [-0.4, -0.2) is 42.6 Å². The lowest BCUT2D eigenvalue weighted by molar-refractivity contribution is 0.0715. The van der Waals surface area contributed by atoms with Crippen LogP contribution in [0.1, 0.15) is 32.8 Å². The van der Waals surface area contributed by atoms with Crippen molar-refractivity contribution in [2.45, 2.75) is 6.23 Å². The highest BCUT2D eigenvalue weighted by Crippen LogP contribution is 2.25. The van der Waals surface area contributed by atoms with Gasteiger partial charge in [-0.1, -0.05) is 23.7 Å². The molecule has 1 aromatic heterocycles. The van der Waals surface area contributed by atoms with Crippen LogP contribution in [0.3, 0.4) is 0 Å². The van der Waals surface area contributed by atoms with Crippen LogP contribution < -0.4 is 10.6 Å². The standard InChI is InChI=1S/C15H17ClN4O3/c1-17-13(21)11-12(14(22)18-2)20(8-19-11)15(23-3)9-5-4-6-10(16)7-9/h4-8,15H,1-3H3,(H,17,21)(H,18,22). The first-order valence-electron chi connectivity index (χ1n) is 6.82. The van der Waals surface area contributed by atoms with E-state index in [1.807, 2.05) is 6.07 Å². The lowest BCUT2D eigenvalue weighted by atomic mass is 10.2. The van der Waals surface area contributed by atoms with Gasteiger partial charge in [0.15, 0.2) is 11.9 Å². The summed E-state index contributed by atoms with van der Waals surface area (Å²) in [6.45, 7) is 0. The minimum Gasteiger partial charge on any atom is -0.357 e. The first-order valence-corrected chi connectivity index (χ1v) is 7.20. The van der Waals surface area contributed by atoms with Crippen molar-refractivity contribution in [3.63, 3.8) is 0 Å². The van der Waals surface area contributed by atoms with Crippen molar-refractivity contribution in [3.8, 4) is 0 Å². The first-order chi connectivity index (χ1) is 11.0. The highest BCUT2D eigenvalue weighted by atomic mass is 35.5. The summed E-state index contributed by atoms with van der Waals surface area (Å²) in [7, 11) is 4.45. The Kier molecular flexibility index (Phi) is 5.36. The Bertz CT molecular complexity index is 729. The summed E-state index contributed by atoms with van der Waals surface area (Å²) in [6, 6.07) is 7.05. The van der Waals surface area contributed by atoms with E-state index in [1.54, 1.807) is 18.2 Å². The number of aromatic nitrogens is 2. The number of hydrogen-bond acceptors (Lipinski definition) is 4. The molecule has 2 rings (SSSR count). The zero-order chi connectivity index (χ0) is 17.0. The molecule has 0 saturated heterocycles. The molecule has 7 nitrogen and oxygen atoms in total. The predicted octanol–water partition coefficient (Wildman–Crippen LogP) is 1.45. The van der Waals surface area contributed by atoms with Crippen LogP contribution in [0, 0.1) is 0 Å². The molecule has 0 saturated carbocycles. The highest BCUT2D eigenvalue weighted by Gasteiger charge is 2.27. The average Bonchev–Trinajstić information content (AvgIpc) is 2.99. The molecule has 2 aromatic rings. The molecule has 1 atom stereocenters. The van der Waals surface area contributed by atoms with Crippen molar-refractivity contribution in [2.24, 2.45) is 0 Å². The molecule has 1 aromatic carbocycles. The minimum absolute atomic E-state index is 0.0240. The van der Waals surface area contributed by atoms with Crippen LogP contribution in [0.15, 0.2) is 30.6 Å². The molecule has 0 spiro atoms. The van der Waals surface area contributed by atoms with Crippen LogP contribution in [0.4, 0.5) is 0 Å². The monoisotopic (exact) mass is 336 g/mol. The third kappa shape index (κ3) is 3.35.